The number of carbonyl (C=O) groups is 1. The molecule has 2 heterocycles. The molecule has 0 unspecified atom stereocenters. The highest BCUT2D eigenvalue weighted by molar-refractivity contribution is 9.10. The van der Waals surface area contributed by atoms with Crippen LogP contribution in [0.25, 0.3) is 0 Å². The molecule has 130 valence electrons. The minimum atomic E-state index is -0.299. The van der Waals surface area contributed by atoms with Crippen molar-refractivity contribution in [3.05, 3.63) is 93.3 Å². The highest BCUT2D eigenvalue weighted by Gasteiger charge is 2.35. The number of hydrogen-bond acceptors (Lipinski definition) is 3. The van der Waals surface area contributed by atoms with Gasteiger partial charge in [0.1, 0.15) is 11.8 Å². The van der Waals surface area contributed by atoms with Crippen molar-refractivity contribution in [3.63, 3.8) is 0 Å². The molecule has 0 spiro atoms. The Hall–Kier alpha value is -2.37. The summed E-state index contributed by atoms with van der Waals surface area (Å²) in [4.78, 5) is 13.1. The zero-order chi connectivity index (χ0) is 18.1. The van der Waals surface area contributed by atoms with Crippen LogP contribution in [0.3, 0.4) is 0 Å². The normalized spacial score (nSPS) is 16.6. The summed E-state index contributed by atoms with van der Waals surface area (Å²) in [7, 11) is 0. The van der Waals surface area contributed by atoms with E-state index in [2.05, 4.69) is 21.0 Å². The number of benzene rings is 2. The van der Waals surface area contributed by atoms with E-state index in [-0.39, 0.29) is 11.9 Å². The van der Waals surface area contributed by atoms with Crippen molar-refractivity contribution >= 4 is 39.1 Å². The number of hydrazone groups is 1. The van der Waals surface area contributed by atoms with Crippen molar-refractivity contribution < 1.29 is 9.21 Å². The van der Waals surface area contributed by atoms with Gasteiger partial charge in [0.25, 0.3) is 5.91 Å². The molecule has 6 heteroatoms. The summed E-state index contributed by atoms with van der Waals surface area (Å²) >= 11 is 9.65. The minimum absolute atomic E-state index is 0.246. The lowest BCUT2D eigenvalue weighted by atomic mass is 10.0. The summed E-state index contributed by atoms with van der Waals surface area (Å²) in [5, 5.41) is 6.48. The molecule has 4 nitrogen and oxygen atoms in total. The Morgan fingerprint density at radius 1 is 1.12 bits per heavy atom. The number of carbonyl (C=O) groups excluding carboxylic acids is 1. The highest BCUT2D eigenvalue weighted by atomic mass is 79.9. The maximum Gasteiger partial charge on any atom is 0.276 e. The summed E-state index contributed by atoms with van der Waals surface area (Å²) in [6.07, 6.45) is 2.18. The lowest BCUT2D eigenvalue weighted by Gasteiger charge is -2.20. The fourth-order valence-electron chi connectivity index (χ4n) is 2.98. The van der Waals surface area contributed by atoms with Crippen molar-refractivity contribution in [3.8, 4) is 0 Å². The van der Waals surface area contributed by atoms with E-state index in [4.69, 9.17) is 16.0 Å². The van der Waals surface area contributed by atoms with Gasteiger partial charge in [-0.1, -0.05) is 51.8 Å². The Morgan fingerprint density at radius 3 is 2.58 bits per heavy atom. The van der Waals surface area contributed by atoms with Gasteiger partial charge in [0.2, 0.25) is 0 Å². The zero-order valence-corrected chi connectivity index (χ0v) is 15.9. The molecule has 2 aromatic carbocycles. The predicted molar refractivity (Wildman–Crippen MR) is 104 cm³/mol. The summed E-state index contributed by atoms with van der Waals surface area (Å²) in [6, 6.07) is 18.2. The second kappa shape index (κ2) is 7.09. The first kappa shape index (κ1) is 17.1. The van der Waals surface area contributed by atoms with Crippen LogP contribution >= 0.6 is 27.5 Å². The molecular formula is C20H14BrClN2O2. The van der Waals surface area contributed by atoms with Crippen molar-refractivity contribution in [1.29, 1.82) is 0 Å². The lowest BCUT2D eigenvalue weighted by Crippen LogP contribution is -2.27. The molecule has 26 heavy (non-hydrogen) atoms. The smallest absolute Gasteiger partial charge is 0.276 e. The molecule has 4 rings (SSSR count). The summed E-state index contributed by atoms with van der Waals surface area (Å²) in [5.41, 5.74) is 2.23. The van der Waals surface area contributed by atoms with Gasteiger partial charge in [-0.05, 0) is 42.0 Å². The molecule has 1 atom stereocenters. The van der Waals surface area contributed by atoms with Crippen LogP contribution in [-0.2, 0) is 0 Å². The summed E-state index contributed by atoms with van der Waals surface area (Å²) in [6.45, 7) is 0. The monoisotopic (exact) mass is 428 g/mol. The average molecular weight is 430 g/mol. The number of halogens is 2. The Balaban J connectivity index is 1.73. The molecule has 0 saturated carbocycles. The predicted octanol–water partition coefficient (Wildman–Crippen LogP) is 5.69. The minimum Gasteiger partial charge on any atom is -0.467 e. The van der Waals surface area contributed by atoms with Crippen molar-refractivity contribution in [2.75, 3.05) is 0 Å². The van der Waals surface area contributed by atoms with E-state index in [1.54, 1.807) is 30.5 Å². The quantitative estimate of drug-likeness (QED) is 0.537. The van der Waals surface area contributed by atoms with Gasteiger partial charge in [0.05, 0.1) is 22.6 Å². The van der Waals surface area contributed by atoms with E-state index in [9.17, 15) is 4.79 Å². The third kappa shape index (κ3) is 3.20. The van der Waals surface area contributed by atoms with E-state index in [1.165, 1.54) is 5.01 Å². The number of rotatable bonds is 3. The largest absolute Gasteiger partial charge is 0.467 e. The molecule has 0 saturated heterocycles. The van der Waals surface area contributed by atoms with Crippen molar-refractivity contribution in [2.24, 2.45) is 5.10 Å². The highest BCUT2D eigenvalue weighted by Crippen LogP contribution is 2.35. The summed E-state index contributed by atoms with van der Waals surface area (Å²) in [5.74, 6) is 0.449. The maximum atomic E-state index is 13.1. The Kier molecular flexibility index (Phi) is 4.66. The molecule has 0 radical (unpaired) electrons. The van der Waals surface area contributed by atoms with Gasteiger partial charge in [0.15, 0.2) is 0 Å². The molecule has 0 aliphatic carbocycles. The number of hydrogen-bond donors (Lipinski definition) is 0. The molecule has 0 bridgehead atoms. The zero-order valence-electron chi connectivity index (χ0n) is 13.6. The maximum absolute atomic E-state index is 13.1. The first-order valence-corrected chi connectivity index (χ1v) is 9.25. The number of furan rings is 1. The van der Waals surface area contributed by atoms with Gasteiger partial charge in [0, 0.05) is 10.9 Å². The first-order valence-electron chi connectivity index (χ1n) is 8.08. The fraction of sp³-hybridized carbons (Fsp3) is 0.100. The molecule has 0 fully saturated rings. The van der Waals surface area contributed by atoms with Gasteiger partial charge in [-0.2, -0.15) is 5.10 Å². The van der Waals surface area contributed by atoms with E-state index in [1.807, 2.05) is 36.4 Å². The number of amides is 1. The first-order chi connectivity index (χ1) is 12.6. The Morgan fingerprint density at radius 2 is 1.88 bits per heavy atom. The van der Waals surface area contributed by atoms with Crippen LogP contribution < -0.4 is 0 Å². The lowest BCUT2D eigenvalue weighted by molar-refractivity contribution is 0.0693. The van der Waals surface area contributed by atoms with Gasteiger partial charge in [-0.3, -0.25) is 4.79 Å². The Bertz CT molecular complexity index is 968. The molecule has 1 aliphatic heterocycles. The van der Waals surface area contributed by atoms with Crippen LogP contribution in [0.5, 0.6) is 0 Å². The molecule has 1 amide bonds. The Labute approximate surface area is 164 Å². The number of nitrogens with zero attached hydrogens (tertiary/aromatic N) is 2. The SMILES string of the molecule is O=C(c1ccccc1Cl)N1N=C(c2ccc(Br)cc2)C[C@@H]1c1ccco1. The van der Waals surface area contributed by atoms with Gasteiger partial charge < -0.3 is 4.42 Å². The molecule has 1 aliphatic rings. The van der Waals surface area contributed by atoms with Gasteiger partial charge in [-0.15, -0.1) is 0 Å². The second-order valence-electron chi connectivity index (χ2n) is 5.92. The van der Waals surface area contributed by atoms with E-state index >= 15 is 0 Å². The van der Waals surface area contributed by atoms with Crippen LogP contribution in [0, 0.1) is 0 Å². The molecule has 1 aromatic heterocycles. The van der Waals surface area contributed by atoms with Crippen LogP contribution in [0.4, 0.5) is 0 Å². The van der Waals surface area contributed by atoms with Crippen LogP contribution in [0.1, 0.15) is 34.1 Å². The van der Waals surface area contributed by atoms with E-state index < -0.39 is 0 Å². The molecule has 3 aromatic rings. The third-order valence-corrected chi connectivity index (χ3v) is 5.13. The third-order valence-electron chi connectivity index (χ3n) is 4.27. The van der Waals surface area contributed by atoms with Crippen LogP contribution in [0.2, 0.25) is 5.02 Å². The van der Waals surface area contributed by atoms with Crippen molar-refractivity contribution in [2.45, 2.75) is 12.5 Å². The van der Waals surface area contributed by atoms with Crippen molar-refractivity contribution in [1.82, 2.24) is 5.01 Å². The topological polar surface area (TPSA) is 45.8 Å². The van der Waals surface area contributed by atoms with E-state index in [0.717, 1.165) is 15.7 Å². The van der Waals surface area contributed by atoms with Crippen LogP contribution in [0.15, 0.2) is 80.9 Å². The van der Waals surface area contributed by atoms with E-state index in [0.29, 0.717) is 22.8 Å². The second-order valence-corrected chi connectivity index (χ2v) is 7.24. The molecular weight excluding hydrogens is 416 g/mol. The summed E-state index contributed by atoms with van der Waals surface area (Å²) < 4.78 is 6.55. The standard InChI is InChI=1S/C20H14BrClN2O2/c21-14-9-7-13(8-10-14)17-12-18(19-6-3-11-26-19)24(23-17)20(25)15-4-1-2-5-16(15)22/h1-11,18H,12H2/t18-/m1/s1. The molecule has 0 N–H and O–H groups in total. The van der Waals surface area contributed by atoms with Gasteiger partial charge in [-0.25, -0.2) is 5.01 Å². The van der Waals surface area contributed by atoms with Gasteiger partial charge >= 0.3 is 0 Å². The fourth-order valence-corrected chi connectivity index (χ4v) is 3.46. The van der Waals surface area contributed by atoms with Crippen LogP contribution in [-0.4, -0.2) is 16.6 Å². The average Bonchev–Trinajstić information content (AvgIpc) is 3.32.